The lowest BCUT2D eigenvalue weighted by molar-refractivity contribution is 0.0450. The number of nitrogens with two attached hydrogens (primary N) is 1. The van der Waals surface area contributed by atoms with Crippen LogP contribution in [0.15, 0.2) is 0 Å². The van der Waals surface area contributed by atoms with Gasteiger partial charge >= 0.3 is 0 Å². The van der Waals surface area contributed by atoms with Crippen molar-refractivity contribution in [3.63, 3.8) is 0 Å². The van der Waals surface area contributed by atoms with Crippen LogP contribution in [0, 0.1) is 0 Å². The molecule has 0 radical (unpaired) electrons. The van der Waals surface area contributed by atoms with Gasteiger partial charge in [0.2, 0.25) is 0 Å². The average molecular weight is 271 g/mol. The Morgan fingerprint density at radius 2 is 2.00 bits per heavy atom. The summed E-state index contributed by atoms with van der Waals surface area (Å²) in [6.45, 7) is 9.23. The Bertz CT molecular complexity index is 274. The van der Waals surface area contributed by atoms with Crippen molar-refractivity contribution in [2.24, 2.45) is 5.73 Å². The van der Waals surface area contributed by atoms with Gasteiger partial charge in [-0.05, 0) is 46.3 Å². The van der Waals surface area contributed by atoms with Gasteiger partial charge in [0.25, 0.3) is 0 Å². The lowest BCUT2D eigenvalue weighted by Crippen LogP contribution is -2.61. The lowest BCUT2D eigenvalue weighted by atomic mass is 9.86. The van der Waals surface area contributed by atoms with Crippen molar-refractivity contribution < 1.29 is 0 Å². The summed E-state index contributed by atoms with van der Waals surface area (Å²) in [5.41, 5.74) is 6.49. The van der Waals surface area contributed by atoms with E-state index in [9.17, 15) is 0 Å². The molecular formula is C14H29N3S. The summed E-state index contributed by atoms with van der Waals surface area (Å²) in [7, 11) is 2.24. The van der Waals surface area contributed by atoms with E-state index in [-0.39, 0.29) is 5.54 Å². The molecule has 3 nitrogen and oxygen atoms in total. The maximum Gasteiger partial charge on any atom is 0.0347 e. The Balaban J connectivity index is 2.14. The maximum atomic E-state index is 6.22. The van der Waals surface area contributed by atoms with E-state index >= 15 is 0 Å². The average Bonchev–Trinajstić information content (AvgIpc) is 2.56. The number of likely N-dealkylation sites (tertiary alicyclic amines) is 1. The minimum Gasteiger partial charge on any atom is -0.329 e. The van der Waals surface area contributed by atoms with Crippen LogP contribution in [0.3, 0.4) is 0 Å². The third kappa shape index (κ3) is 2.87. The van der Waals surface area contributed by atoms with Crippen molar-refractivity contribution in [2.75, 3.05) is 39.0 Å². The summed E-state index contributed by atoms with van der Waals surface area (Å²) in [6.07, 6.45) is 3.80. The summed E-state index contributed by atoms with van der Waals surface area (Å²) in [6, 6.07) is 0.663. The van der Waals surface area contributed by atoms with Gasteiger partial charge in [-0.3, -0.25) is 4.90 Å². The van der Waals surface area contributed by atoms with Crippen LogP contribution in [-0.2, 0) is 0 Å². The molecular weight excluding hydrogens is 242 g/mol. The fourth-order valence-corrected chi connectivity index (χ4v) is 4.62. The van der Waals surface area contributed by atoms with Crippen LogP contribution in [0.2, 0.25) is 0 Å². The summed E-state index contributed by atoms with van der Waals surface area (Å²) < 4.78 is 0. The van der Waals surface area contributed by atoms with E-state index in [0.717, 1.165) is 11.8 Å². The highest BCUT2D eigenvalue weighted by atomic mass is 32.2. The molecule has 0 saturated carbocycles. The van der Waals surface area contributed by atoms with Gasteiger partial charge in [0.05, 0.1) is 0 Å². The number of nitrogens with zero attached hydrogens (tertiary/aromatic N) is 2. The molecule has 0 amide bonds. The Morgan fingerprint density at radius 1 is 1.22 bits per heavy atom. The first kappa shape index (κ1) is 14.6. The molecule has 4 heteroatoms. The minimum absolute atomic E-state index is 0.263. The Kier molecular flexibility index (Phi) is 4.98. The van der Waals surface area contributed by atoms with Crippen molar-refractivity contribution in [3.05, 3.63) is 0 Å². The number of thioether (sulfide) groups is 1. The van der Waals surface area contributed by atoms with E-state index in [1.165, 1.54) is 44.6 Å². The smallest absolute Gasteiger partial charge is 0.0347 e. The molecule has 0 spiro atoms. The molecule has 0 aromatic heterocycles. The van der Waals surface area contributed by atoms with Crippen LogP contribution in [0.5, 0.6) is 0 Å². The molecule has 2 fully saturated rings. The van der Waals surface area contributed by atoms with Crippen molar-refractivity contribution in [1.82, 2.24) is 9.80 Å². The molecule has 2 aliphatic rings. The van der Waals surface area contributed by atoms with Crippen LogP contribution in [0.1, 0.15) is 33.1 Å². The highest BCUT2D eigenvalue weighted by Crippen LogP contribution is 2.35. The van der Waals surface area contributed by atoms with Gasteiger partial charge < -0.3 is 10.6 Å². The number of hydrogen-bond donors (Lipinski definition) is 1. The lowest BCUT2D eigenvalue weighted by Gasteiger charge is -2.50. The van der Waals surface area contributed by atoms with E-state index in [1.807, 2.05) is 0 Å². The monoisotopic (exact) mass is 271 g/mol. The largest absolute Gasteiger partial charge is 0.329 e. The molecule has 2 aliphatic heterocycles. The molecule has 3 atom stereocenters. The minimum atomic E-state index is 0.263. The standard InChI is InChI=1S/C14H29N3S/c1-12-13(2)18-10-9-17(12)14(11-15)5-4-7-16(3)8-6-14/h12-13H,4-11,15H2,1-3H3. The number of rotatable bonds is 2. The first-order chi connectivity index (χ1) is 8.59. The summed E-state index contributed by atoms with van der Waals surface area (Å²) in [5.74, 6) is 1.27. The molecule has 0 aliphatic carbocycles. The van der Waals surface area contributed by atoms with Gasteiger partial charge in [0.1, 0.15) is 0 Å². The molecule has 0 aromatic rings. The van der Waals surface area contributed by atoms with Crippen molar-refractivity contribution >= 4 is 11.8 Å². The first-order valence-electron chi connectivity index (χ1n) is 7.36. The normalized spacial score (nSPS) is 40.7. The van der Waals surface area contributed by atoms with Gasteiger partial charge in [0, 0.05) is 35.7 Å². The molecule has 0 aromatic carbocycles. The molecule has 2 saturated heterocycles. The van der Waals surface area contributed by atoms with Gasteiger partial charge in [-0.2, -0.15) is 11.8 Å². The topological polar surface area (TPSA) is 32.5 Å². The van der Waals surface area contributed by atoms with Gasteiger partial charge in [-0.15, -0.1) is 0 Å². The predicted octanol–water partition coefficient (Wildman–Crippen LogP) is 1.63. The highest BCUT2D eigenvalue weighted by molar-refractivity contribution is 8.00. The highest BCUT2D eigenvalue weighted by Gasteiger charge is 2.41. The van der Waals surface area contributed by atoms with E-state index < -0.39 is 0 Å². The fourth-order valence-electron chi connectivity index (χ4n) is 3.52. The van der Waals surface area contributed by atoms with Crippen LogP contribution >= 0.6 is 11.8 Å². The second-order valence-electron chi connectivity index (χ2n) is 6.10. The predicted molar refractivity (Wildman–Crippen MR) is 81.2 cm³/mol. The molecule has 2 heterocycles. The van der Waals surface area contributed by atoms with Gasteiger partial charge in [0.15, 0.2) is 0 Å². The van der Waals surface area contributed by atoms with E-state index in [1.54, 1.807) is 0 Å². The molecule has 0 bridgehead atoms. The Morgan fingerprint density at radius 3 is 2.72 bits per heavy atom. The zero-order chi connectivity index (χ0) is 13.2. The Hall–Kier alpha value is 0.230. The van der Waals surface area contributed by atoms with E-state index in [0.29, 0.717) is 6.04 Å². The van der Waals surface area contributed by atoms with Crippen LogP contribution in [0.25, 0.3) is 0 Å². The summed E-state index contributed by atoms with van der Waals surface area (Å²) in [4.78, 5) is 5.21. The van der Waals surface area contributed by atoms with Gasteiger partial charge in [-0.1, -0.05) is 6.92 Å². The molecule has 2 N–H and O–H groups in total. The van der Waals surface area contributed by atoms with Crippen LogP contribution in [0.4, 0.5) is 0 Å². The molecule has 106 valence electrons. The second kappa shape index (κ2) is 6.12. The van der Waals surface area contributed by atoms with Crippen molar-refractivity contribution in [3.8, 4) is 0 Å². The van der Waals surface area contributed by atoms with E-state index in [2.05, 4.69) is 42.5 Å². The summed E-state index contributed by atoms with van der Waals surface area (Å²) >= 11 is 2.12. The quantitative estimate of drug-likeness (QED) is 0.827. The molecule has 2 rings (SSSR count). The zero-order valence-corrected chi connectivity index (χ0v) is 13.0. The molecule has 3 unspecified atom stereocenters. The van der Waals surface area contributed by atoms with Gasteiger partial charge in [-0.25, -0.2) is 0 Å². The maximum absolute atomic E-state index is 6.22. The van der Waals surface area contributed by atoms with Crippen molar-refractivity contribution in [2.45, 2.75) is 49.9 Å². The van der Waals surface area contributed by atoms with E-state index in [4.69, 9.17) is 5.73 Å². The van der Waals surface area contributed by atoms with Crippen LogP contribution < -0.4 is 5.73 Å². The Labute approximate surface area is 116 Å². The second-order valence-corrected chi connectivity index (χ2v) is 7.58. The summed E-state index contributed by atoms with van der Waals surface area (Å²) in [5, 5.41) is 0.739. The molecule has 18 heavy (non-hydrogen) atoms. The third-order valence-corrected chi connectivity index (χ3v) is 6.35. The number of hydrogen-bond acceptors (Lipinski definition) is 4. The fraction of sp³-hybridized carbons (Fsp3) is 1.00. The first-order valence-corrected chi connectivity index (χ1v) is 8.41. The van der Waals surface area contributed by atoms with Crippen LogP contribution in [-0.4, -0.2) is 65.6 Å². The SMILES string of the molecule is CC1SCCN(C2(CN)CCCN(C)CC2)C1C. The zero-order valence-electron chi connectivity index (χ0n) is 12.2. The third-order valence-electron chi connectivity index (χ3n) is 5.01. The van der Waals surface area contributed by atoms with Crippen molar-refractivity contribution in [1.29, 1.82) is 0 Å².